The predicted octanol–water partition coefficient (Wildman–Crippen LogP) is 4.47. The van der Waals surface area contributed by atoms with E-state index in [2.05, 4.69) is 49.8 Å². The quantitative estimate of drug-likeness (QED) is 0.340. The Hall–Kier alpha value is -1.03. The highest BCUT2D eigenvalue weighted by Crippen LogP contribution is 2.35. The number of rotatable bonds is 4. The third-order valence-electron chi connectivity index (χ3n) is 6.08. The van der Waals surface area contributed by atoms with E-state index < -0.39 is 0 Å². The van der Waals surface area contributed by atoms with Crippen LogP contribution in [-0.4, -0.2) is 63.8 Å². The van der Waals surface area contributed by atoms with E-state index >= 15 is 0 Å². The predicted molar refractivity (Wildman–Crippen MR) is 138 cm³/mol. The lowest BCUT2D eigenvalue weighted by molar-refractivity contribution is 0.0511. The fourth-order valence-corrected chi connectivity index (χ4v) is 5.29. The van der Waals surface area contributed by atoms with Crippen LogP contribution < -0.4 is 10.2 Å². The SMILES string of the molecule is CN=C(NCC1(c2cccc(Cl)c2)CCOCC1)N1CCN(c2cccs2)CC1.I. The number of nitrogens with zero attached hydrogens (tertiary/aromatic N) is 3. The summed E-state index contributed by atoms with van der Waals surface area (Å²) in [5.41, 5.74) is 1.32. The van der Waals surface area contributed by atoms with Crippen LogP contribution in [0.4, 0.5) is 5.00 Å². The minimum Gasteiger partial charge on any atom is -0.381 e. The number of nitrogens with one attached hydrogen (secondary N) is 1. The molecule has 1 aromatic heterocycles. The van der Waals surface area contributed by atoms with Crippen molar-refractivity contribution in [2.45, 2.75) is 18.3 Å². The van der Waals surface area contributed by atoms with Crippen molar-refractivity contribution in [3.63, 3.8) is 0 Å². The molecule has 0 bridgehead atoms. The second-order valence-electron chi connectivity index (χ2n) is 7.73. The van der Waals surface area contributed by atoms with Gasteiger partial charge in [-0.1, -0.05) is 23.7 Å². The zero-order valence-corrected chi connectivity index (χ0v) is 21.3. The number of guanidine groups is 1. The number of thiophene rings is 1. The van der Waals surface area contributed by atoms with Crippen LogP contribution in [0, 0.1) is 0 Å². The van der Waals surface area contributed by atoms with Gasteiger partial charge in [0.1, 0.15) is 0 Å². The molecule has 2 saturated heterocycles. The first-order chi connectivity index (χ1) is 14.2. The molecule has 2 aliphatic heterocycles. The van der Waals surface area contributed by atoms with Gasteiger partial charge in [0, 0.05) is 63.4 Å². The molecule has 30 heavy (non-hydrogen) atoms. The summed E-state index contributed by atoms with van der Waals surface area (Å²) in [5.74, 6) is 0.990. The van der Waals surface area contributed by atoms with Crippen LogP contribution >= 0.6 is 46.9 Å². The van der Waals surface area contributed by atoms with Gasteiger partial charge in [0.25, 0.3) is 0 Å². The molecule has 1 aromatic carbocycles. The van der Waals surface area contributed by atoms with E-state index in [1.807, 2.05) is 30.5 Å². The van der Waals surface area contributed by atoms with Crippen molar-refractivity contribution in [3.8, 4) is 0 Å². The van der Waals surface area contributed by atoms with Gasteiger partial charge in [0.05, 0.1) is 5.00 Å². The molecule has 0 aliphatic carbocycles. The Kier molecular flexibility index (Phi) is 8.68. The molecule has 4 rings (SSSR count). The van der Waals surface area contributed by atoms with Gasteiger partial charge in [-0.2, -0.15) is 0 Å². The third kappa shape index (κ3) is 5.41. The number of hydrogen-bond acceptors (Lipinski definition) is 4. The minimum absolute atomic E-state index is 0. The Labute approximate surface area is 205 Å². The molecule has 164 valence electrons. The fraction of sp³-hybridized carbons (Fsp3) is 0.500. The first-order valence-corrected chi connectivity index (χ1v) is 11.5. The maximum Gasteiger partial charge on any atom is 0.193 e. The van der Waals surface area contributed by atoms with Crippen molar-refractivity contribution in [1.29, 1.82) is 0 Å². The summed E-state index contributed by atoms with van der Waals surface area (Å²) in [7, 11) is 1.88. The number of piperazine rings is 1. The van der Waals surface area contributed by atoms with E-state index in [0.717, 1.165) is 69.8 Å². The molecule has 3 heterocycles. The first-order valence-electron chi connectivity index (χ1n) is 10.3. The molecule has 0 radical (unpaired) electrons. The Bertz CT molecular complexity index is 818. The number of halogens is 2. The lowest BCUT2D eigenvalue weighted by atomic mass is 9.74. The van der Waals surface area contributed by atoms with Crippen LogP contribution in [-0.2, 0) is 10.2 Å². The molecule has 0 spiro atoms. The summed E-state index contributed by atoms with van der Waals surface area (Å²) >= 11 is 8.12. The Balaban J connectivity index is 0.00000256. The first kappa shape index (κ1) is 23.6. The molecule has 2 aliphatic rings. The zero-order chi connectivity index (χ0) is 20.1. The number of ether oxygens (including phenoxy) is 1. The fourth-order valence-electron chi connectivity index (χ4n) is 4.32. The second-order valence-corrected chi connectivity index (χ2v) is 9.09. The van der Waals surface area contributed by atoms with E-state index in [0.29, 0.717) is 0 Å². The zero-order valence-electron chi connectivity index (χ0n) is 17.3. The maximum absolute atomic E-state index is 6.31. The van der Waals surface area contributed by atoms with Crippen LogP contribution in [0.15, 0.2) is 46.8 Å². The molecule has 2 aromatic rings. The number of benzene rings is 1. The molecule has 5 nitrogen and oxygen atoms in total. The van der Waals surface area contributed by atoms with Crippen LogP contribution in [0.5, 0.6) is 0 Å². The lowest BCUT2D eigenvalue weighted by Gasteiger charge is -2.41. The maximum atomic E-state index is 6.31. The molecular weight excluding hydrogens is 531 g/mol. The molecule has 2 fully saturated rings. The van der Waals surface area contributed by atoms with Crippen molar-refractivity contribution < 1.29 is 4.74 Å². The van der Waals surface area contributed by atoms with E-state index in [1.54, 1.807) is 0 Å². The average molecular weight is 561 g/mol. The third-order valence-corrected chi connectivity index (χ3v) is 7.24. The van der Waals surface area contributed by atoms with Gasteiger partial charge in [0.15, 0.2) is 5.96 Å². The monoisotopic (exact) mass is 560 g/mol. The normalized spacial score (nSPS) is 19.3. The van der Waals surface area contributed by atoms with Crippen LogP contribution in [0.25, 0.3) is 0 Å². The molecule has 0 atom stereocenters. The van der Waals surface area contributed by atoms with Crippen molar-refractivity contribution >= 4 is 57.9 Å². The Morgan fingerprint density at radius 2 is 1.93 bits per heavy atom. The van der Waals surface area contributed by atoms with Gasteiger partial charge in [-0.25, -0.2) is 0 Å². The Morgan fingerprint density at radius 3 is 2.57 bits per heavy atom. The van der Waals surface area contributed by atoms with Gasteiger partial charge in [-0.05, 0) is 48.1 Å². The van der Waals surface area contributed by atoms with Crippen molar-refractivity contribution in [3.05, 3.63) is 52.4 Å². The second kappa shape index (κ2) is 11.0. The van der Waals surface area contributed by atoms with Crippen LogP contribution in [0.2, 0.25) is 5.02 Å². The lowest BCUT2D eigenvalue weighted by Crippen LogP contribution is -2.54. The minimum atomic E-state index is 0. The highest BCUT2D eigenvalue weighted by molar-refractivity contribution is 14.0. The summed E-state index contributed by atoms with van der Waals surface area (Å²) in [6, 6.07) is 12.6. The van der Waals surface area contributed by atoms with Crippen molar-refractivity contribution in [2.75, 3.05) is 57.9 Å². The molecule has 0 amide bonds. The number of anilines is 1. The molecular formula is C22H30ClIN4OS. The van der Waals surface area contributed by atoms with E-state index in [1.165, 1.54) is 10.6 Å². The van der Waals surface area contributed by atoms with Gasteiger partial charge < -0.3 is 19.9 Å². The number of hydrogen-bond donors (Lipinski definition) is 1. The van der Waals surface area contributed by atoms with Crippen molar-refractivity contribution in [1.82, 2.24) is 10.2 Å². The molecule has 1 N–H and O–H groups in total. The summed E-state index contributed by atoms with van der Waals surface area (Å²) in [5, 5.41) is 7.97. The summed E-state index contributed by atoms with van der Waals surface area (Å²) in [6.07, 6.45) is 1.98. The highest BCUT2D eigenvalue weighted by Gasteiger charge is 2.35. The van der Waals surface area contributed by atoms with E-state index in [-0.39, 0.29) is 29.4 Å². The molecule has 8 heteroatoms. The van der Waals surface area contributed by atoms with Crippen molar-refractivity contribution in [2.24, 2.45) is 4.99 Å². The van der Waals surface area contributed by atoms with Crippen LogP contribution in [0.3, 0.4) is 0 Å². The van der Waals surface area contributed by atoms with Gasteiger partial charge >= 0.3 is 0 Å². The standard InChI is InChI=1S/C22H29ClN4OS.HI/c1-24-21(27-11-9-26(10-12-27)20-6-3-15-29-20)25-17-22(7-13-28-14-8-22)18-4-2-5-19(23)16-18;/h2-6,15-16H,7-14,17H2,1H3,(H,24,25);1H. The van der Waals surface area contributed by atoms with Gasteiger partial charge in [-0.15, -0.1) is 35.3 Å². The molecule has 0 unspecified atom stereocenters. The number of aliphatic imine (C=N–C) groups is 1. The summed E-state index contributed by atoms with van der Waals surface area (Å²) in [6.45, 7) is 6.41. The summed E-state index contributed by atoms with van der Waals surface area (Å²) in [4.78, 5) is 9.41. The smallest absolute Gasteiger partial charge is 0.193 e. The molecule has 0 saturated carbocycles. The van der Waals surface area contributed by atoms with E-state index in [9.17, 15) is 0 Å². The van der Waals surface area contributed by atoms with E-state index in [4.69, 9.17) is 16.3 Å². The topological polar surface area (TPSA) is 40.1 Å². The largest absolute Gasteiger partial charge is 0.381 e. The van der Waals surface area contributed by atoms with Crippen LogP contribution in [0.1, 0.15) is 18.4 Å². The van der Waals surface area contributed by atoms with Gasteiger partial charge in [-0.3, -0.25) is 4.99 Å². The Morgan fingerprint density at radius 1 is 1.17 bits per heavy atom. The average Bonchev–Trinajstić information content (AvgIpc) is 3.30. The van der Waals surface area contributed by atoms with Gasteiger partial charge in [0.2, 0.25) is 0 Å². The highest BCUT2D eigenvalue weighted by atomic mass is 127. The summed E-state index contributed by atoms with van der Waals surface area (Å²) < 4.78 is 5.67.